The molecule has 0 saturated heterocycles. The summed E-state index contributed by atoms with van der Waals surface area (Å²) in [6.07, 6.45) is 2.43. The molecule has 0 spiro atoms. The van der Waals surface area contributed by atoms with Crippen LogP contribution < -0.4 is 5.32 Å². The van der Waals surface area contributed by atoms with Gasteiger partial charge in [-0.1, -0.05) is 24.8 Å². The van der Waals surface area contributed by atoms with Crippen LogP contribution in [-0.2, 0) is 11.2 Å². The van der Waals surface area contributed by atoms with Crippen molar-refractivity contribution in [1.82, 2.24) is 9.97 Å². The SMILES string of the molecule is CCc1cc2c(SCC(=O)Nc3cc([N+](=O)[O-])ccc3C)ncnc2s1. The first kappa shape index (κ1) is 18.3. The number of amides is 1. The van der Waals surface area contributed by atoms with Crippen molar-refractivity contribution in [2.75, 3.05) is 11.1 Å². The summed E-state index contributed by atoms with van der Waals surface area (Å²) in [4.78, 5) is 33.4. The van der Waals surface area contributed by atoms with E-state index in [9.17, 15) is 14.9 Å². The number of thioether (sulfide) groups is 1. The average Bonchev–Trinajstić information content (AvgIpc) is 3.05. The van der Waals surface area contributed by atoms with Crippen molar-refractivity contribution < 1.29 is 9.72 Å². The monoisotopic (exact) mass is 388 g/mol. The Balaban J connectivity index is 1.71. The summed E-state index contributed by atoms with van der Waals surface area (Å²) in [6.45, 7) is 3.87. The van der Waals surface area contributed by atoms with Gasteiger partial charge in [0.05, 0.1) is 16.4 Å². The lowest BCUT2D eigenvalue weighted by Crippen LogP contribution is -2.15. The van der Waals surface area contributed by atoms with Crippen molar-refractivity contribution in [3.63, 3.8) is 0 Å². The summed E-state index contributed by atoms with van der Waals surface area (Å²) in [5.41, 5.74) is 1.16. The van der Waals surface area contributed by atoms with Crippen LogP contribution in [0.1, 0.15) is 17.4 Å². The van der Waals surface area contributed by atoms with E-state index in [1.165, 1.54) is 35.1 Å². The smallest absolute Gasteiger partial charge is 0.271 e. The van der Waals surface area contributed by atoms with E-state index in [1.54, 1.807) is 24.3 Å². The number of anilines is 1. The minimum absolute atomic E-state index is 0.0542. The molecule has 0 unspecified atom stereocenters. The van der Waals surface area contributed by atoms with Crippen LogP contribution in [-0.4, -0.2) is 26.6 Å². The molecule has 0 saturated carbocycles. The van der Waals surface area contributed by atoms with Crippen molar-refractivity contribution in [3.05, 3.63) is 51.1 Å². The van der Waals surface area contributed by atoms with Gasteiger partial charge in [0.25, 0.3) is 5.69 Å². The van der Waals surface area contributed by atoms with Crippen molar-refractivity contribution in [3.8, 4) is 0 Å². The lowest BCUT2D eigenvalue weighted by Gasteiger charge is -2.08. The average molecular weight is 388 g/mol. The molecule has 1 aromatic carbocycles. The number of nitro groups is 1. The maximum atomic E-state index is 12.3. The highest BCUT2D eigenvalue weighted by molar-refractivity contribution is 8.00. The number of thiophene rings is 1. The molecule has 2 heterocycles. The standard InChI is InChI=1S/C17H16N4O3S2/c1-3-12-7-13-16(18-9-19-17(13)26-12)25-8-15(22)20-14-6-11(21(23)24)5-4-10(14)2/h4-7,9H,3,8H2,1-2H3,(H,20,22). The lowest BCUT2D eigenvalue weighted by atomic mass is 10.2. The fourth-order valence-electron chi connectivity index (χ4n) is 2.35. The molecule has 0 aliphatic rings. The van der Waals surface area contributed by atoms with E-state index in [-0.39, 0.29) is 17.3 Å². The Morgan fingerprint density at radius 2 is 2.15 bits per heavy atom. The van der Waals surface area contributed by atoms with E-state index >= 15 is 0 Å². The van der Waals surface area contributed by atoms with Gasteiger partial charge in [-0.05, 0) is 25.0 Å². The molecule has 134 valence electrons. The Labute approximate surface area is 158 Å². The van der Waals surface area contributed by atoms with Gasteiger partial charge >= 0.3 is 0 Å². The Bertz CT molecular complexity index is 987. The molecular weight excluding hydrogens is 372 g/mol. The first-order valence-electron chi connectivity index (χ1n) is 7.89. The predicted octanol–water partition coefficient (Wildman–Crippen LogP) is 4.20. The van der Waals surface area contributed by atoms with Crippen molar-refractivity contribution >= 4 is 50.6 Å². The summed E-state index contributed by atoms with van der Waals surface area (Å²) in [5.74, 6) is -0.0812. The molecule has 0 aliphatic heterocycles. The zero-order valence-corrected chi connectivity index (χ0v) is 15.8. The number of nitrogens with one attached hydrogen (secondary N) is 1. The molecule has 2 aromatic heterocycles. The molecule has 1 N–H and O–H groups in total. The van der Waals surface area contributed by atoms with Crippen LogP contribution in [0.2, 0.25) is 0 Å². The normalized spacial score (nSPS) is 10.8. The number of hydrogen-bond acceptors (Lipinski definition) is 7. The van der Waals surface area contributed by atoms with Crippen molar-refractivity contribution in [2.45, 2.75) is 25.3 Å². The maximum absolute atomic E-state index is 12.3. The van der Waals surface area contributed by atoms with E-state index in [1.807, 2.05) is 0 Å². The molecule has 9 heteroatoms. The number of hydrogen-bond donors (Lipinski definition) is 1. The topological polar surface area (TPSA) is 98.0 Å². The molecule has 3 rings (SSSR count). The van der Waals surface area contributed by atoms with Crippen LogP contribution in [0.3, 0.4) is 0 Å². The summed E-state index contributed by atoms with van der Waals surface area (Å²) >= 11 is 2.95. The Hall–Kier alpha value is -2.52. The molecule has 0 atom stereocenters. The quantitative estimate of drug-likeness (QED) is 0.294. The van der Waals surface area contributed by atoms with Gasteiger partial charge in [0.2, 0.25) is 5.91 Å². The Morgan fingerprint density at radius 1 is 1.35 bits per heavy atom. The van der Waals surface area contributed by atoms with Gasteiger partial charge in [0, 0.05) is 22.4 Å². The molecule has 1 amide bonds. The molecule has 7 nitrogen and oxygen atoms in total. The fourth-order valence-corrected chi connectivity index (χ4v) is 4.12. The molecule has 26 heavy (non-hydrogen) atoms. The first-order chi connectivity index (χ1) is 12.5. The maximum Gasteiger partial charge on any atom is 0.271 e. The highest BCUT2D eigenvalue weighted by atomic mass is 32.2. The highest BCUT2D eigenvalue weighted by Gasteiger charge is 2.13. The molecule has 0 fully saturated rings. The molecule has 0 radical (unpaired) electrons. The number of carbonyl (C=O) groups excluding carboxylic acids is 1. The first-order valence-corrected chi connectivity index (χ1v) is 9.69. The molecule has 0 aliphatic carbocycles. The second kappa shape index (κ2) is 7.79. The summed E-state index contributed by atoms with van der Waals surface area (Å²) in [5, 5.41) is 15.3. The Morgan fingerprint density at radius 3 is 2.88 bits per heavy atom. The third kappa shape index (κ3) is 4.00. The molecular formula is C17H16N4O3S2. The summed E-state index contributed by atoms with van der Waals surface area (Å²) in [7, 11) is 0. The molecule has 3 aromatic rings. The second-order valence-corrected chi connectivity index (χ2v) is 7.64. The molecule has 0 bridgehead atoms. The van der Waals surface area contributed by atoms with Crippen LogP contribution >= 0.6 is 23.1 Å². The number of aryl methyl sites for hydroxylation is 2. The predicted molar refractivity (Wildman–Crippen MR) is 104 cm³/mol. The largest absolute Gasteiger partial charge is 0.325 e. The highest BCUT2D eigenvalue weighted by Crippen LogP contribution is 2.31. The third-order valence-corrected chi connectivity index (χ3v) is 5.93. The van der Waals surface area contributed by atoms with Crippen molar-refractivity contribution in [2.24, 2.45) is 0 Å². The van der Waals surface area contributed by atoms with Gasteiger partial charge in [-0.15, -0.1) is 11.3 Å². The zero-order valence-electron chi connectivity index (χ0n) is 14.2. The van der Waals surface area contributed by atoms with Crippen LogP contribution in [0.25, 0.3) is 10.2 Å². The number of fused-ring (bicyclic) bond motifs is 1. The van der Waals surface area contributed by atoms with Gasteiger partial charge in [-0.2, -0.15) is 0 Å². The summed E-state index contributed by atoms with van der Waals surface area (Å²) in [6, 6.07) is 6.46. The number of carbonyl (C=O) groups is 1. The van der Waals surface area contributed by atoms with Crippen LogP contribution in [0.5, 0.6) is 0 Å². The second-order valence-electron chi connectivity index (χ2n) is 5.56. The minimum Gasteiger partial charge on any atom is -0.325 e. The third-order valence-electron chi connectivity index (χ3n) is 3.74. The van der Waals surface area contributed by atoms with Crippen LogP contribution in [0.4, 0.5) is 11.4 Å². The summed E-state index contributed by atoms with van der Waals surface area (Å²) < 4.78 is 0. The van der Waals surface area contributed by atoms with Gasteiger partial charge in [-0.25, -0.2) is 9.97 Å². The van der Waals surface area contributed by atoms with E-state index in [0.717, 1.165) is 27.2 Å². The van der Waals surface area contributed by atoms with Crippen LogP contribution in [0.15, 0.2) is 35.6 Å². The number of nitro benzene ring substituents is 1. The van der Waals surface area contributed by atoms with E-state index in [0.29, 0.717) is 5.69 Å². The van der Waals surface area contributed by atoms with E-state index < -0.39 is 4.92 Å². The van der Waals surface area contributed by atoms with Gasteiger partial charge in [0.1, 0.15) is 16.2 Å². The van der Waals surface area contributed by atoms with Gasteiger partial charge < -0.3 is 5.32 Å². The van der Waals surface area contributed by atoms with Crippen molar-refractivity contribution in [1.29, 1.82) is 0 Å². The van der Waals surface area contributed by atoms with E-state index in [2.05, 4.69) is 28.3 Å². The van der Waals surface area contributed by atoms with Gasteiger partial charge in [-0.3, -0.25) is 14.9 Å². The van der Waals surface area contributed by atoms with Crippen LogP contribution in [0, 0.1) is 17.0 Å². The van der Waals surface area contributed by atoms with Gasteiger partial charge in [0.15, 0.2) is 0 Å². The number of benzene rings is 1. The fraction of sp³-hybridized carbons (Fsp3) is 0.235. The number of aromatic nitrogens is 2. The Kier molecular flexibility index (Phi) is 5.48. The minimum atomic E-state index is -0.483. The number of nitrogens with zero attached hydrogens (tertiary/aromatic N) is 3. The number of non-ortho nitro benzene ring substituents is 1. The lowest BCUT2D eigenvalue weighted by molar-refractivity contribution is -0.384. The number of rotatable bonds is 6. The zero-order chi connectivity index (χ0) is 18.7. The van der Waals surface area contributed by atoms with E-state index in [4.69, 9.17) is 0 Å².